The van der Waals surface area contributed by atoms with E-state index >= 15 is 0 Å². The number of unbranched alkanes of at least 4 members (excludes halogenated alkanes) is 2. The van der Waals surface area contributed by atoms with E-state index in [0.29, 0.717) is 12.4 Å². The zero-order valence-electron chi connectivity index (χ0n) is 22.3. The first-order valence-corrected chi connectivity index (χ1v) is 13.4. The lowest BCUT2D eigenvalue weighted by Crippen LogP contribution is -2.26. The van der Waals surface area contributed by atoms with E-state index in [1.54, 1.807) is 6.07 Å². The summed E-state index contributed by atoms with van der Waals surface area (Å²) < 4.78 is 26.1. The number of rotatable bonds is 10. The van der Waals surface area contributed by atoms with Gasteiger partial charge >= 0.3 is 5.97 Å². The molecule has 2 aromatic rings. The smallest absolute Gasteiger partial charge is 0.314 e. The average molecular weight is 483 g/mol. The fraction of sp³-hybridized carbons (Fsp3) is 0.581. The van der Waals surface area contributed by atoms with Crippen molar-refractivity contribution in [1.82, 2.24) is 0 Å². The molecule has 0 saturated heterocycles. The van der Waals surface area contributed by atoms with Crippen LogP contribution in [0.1, 0.15) is 91.0 Å². The largest absolute Gasteiger partial charge is 0.490 e. The lowest BCUT2D eigenvalue weighted by atomic mass is 9.80. The number of hydrogen-bond donors (Lipinski definition) is 0. The van der Waals surface area contributed by atoms with Crippen molar-refractivity contribution in [1.29, 1.82) is 0 Å². The van der Waals surface area contributed by atoms with Gasteiger partial charge in [-0.25, -0.2) is 4.39 Å². The highest BCUT2D eigenvalue weighted by Gasteiger charge is 2.27. The van der Waals surface area contributed by atoms with Crippen molar-refractivity contribution in [2.24, 2.45) is 17.3 Å². The Hall–Kier alpha value is -2.36. The van der Waals surface area contributed by atoms with E-state index in [1.807, 2.05) is 31.2 Å². The minimum Gasteiger partial charge on any atom is -0.490 e. The number of benzene rings is 2. The first kappa shape index (κ1) is 27.2. The predicted molar refractivity (Wildman–Crippen MR) is 141 cm³/mol. The number of halogens is 1. The minimum atomic E-state index is -0.366. The molecule has 0 bridgehead atoms. The summed E-state index contributed by atoms with van der Waals surface area (Å²) in [5, 5.41) is 0. The molecule has 0 N–H and O–H groups in total. The summed E-state index contributed by atoms with van der Waals surface area (Å²) in [5.74, 6) is 1.15. The summed E-state index contributed by atoms with van der Waals surface area (Å²) in [6.07, 6.45) is 10.1. The van der Waals surface area contributed by atoms with Crippen LogP contribution >= 0.6 is 0 Å². The number of carbonyl (C=O) groups is 1. The van der Waals surface area contributed by atoms with Crippen LogP contribution in [0.4, 0.5) is 4.39 Å². The maximum atomic E-state index is 14.6. The molecule has 3 nitrogen and oxygen atoms in total. The molecule has 2 aromatic carbocycles. The average Bonchev–Trinajstić information content (AvgIpc) is 2.81. The maximum absolute atomic E-state index is 14.6. The van der Waals surface area contributed by atoms with Crippen molar-refractivity contribution in [3.63, 3.8) is 0 Å². The van der Waals surface area contributed by atoms with Gasteiger partial charge in [0.25, 0.3) is 0 Å². The summed E-state index contributed by atoms with van der Waals surface area (Å²) in [5.41, 5.74) is 2.67. The van der Waals surface area contributed by atoms with Gasteiger partial charge in [-0.2, -0.15) is 0 Å². The second-order valence-corrected chi connectivity index (χ2v) is 11.4. The van der Waals surface area contributed by atoms with Crippen molar-refractivity contribution in [3.05, 3.63) is 47.8 Å². The second-order valence-electron chi connectivity index (χ2n) is 11.4. The molecule has 1 aliphatic rings. The molecule has 0 unspecified atom stereocenters. The van der Waals surface area contributed by atoms with E-state index in [1.165, 1.54) is 31.7 Å². The topological polar surface area (TPSA) is 35.5 Å². The van der Waals surface area contributed by atoms with Crippen LogP contribution in [-0.2, 0) is 4.79 Å². The summed E-state index contributed by atoms with van der Waals surface area (Å²) in [6, 6.07) is 10.7. The Bertz CT molecular complexity index is 968. The maximum Gasteiger partial charge on any atom is 0.314 e. The molecule has 0 heterocycles. The Kier molecular flexibility index (Phi) is 9.77. The number of esters is 1. The summed E-state index contributed by atoms with van der Waals surface area (Å²) in [4.78, 5) is 12.8. The predicted octanol–water partition coefficient (Wildman–Crippen LogP) is 8.91. The third-order valence-electron chi connectivity index (χ3n) is 7.16. The first-order chi connectivity index (χ1) is 16.7. The molecule has 1 fully saturated rings. The highest BCUT2D eigenvalue weighted by atomic mass is 19.1. The highest BCUT2D eigenvalue weighted by molar-refractivity contribution is 5.76. The first-order valence-electron chi connectivity index (χ1n) is 13.4. The van der Waals surface area contributed by atoms with Gasteiger partial charge in [0.15, 0.2) is 11.6 Å². The third kappa shape index (κ3) is 8.37. The fourth-order valence-corrected chi connectivity index (χ4v) is 4.77. The van der Waals surface area contributed by atoms with Gasteiger partial charge in [-0.3, -0.25) is 4.79 Å². The van der Waals surface area contributed by atoms with Gasteiger partial charge in [0.2, 0.25) is 0 Å². The standard InChI is InChI=1S/C31H43FO3/c1-6-7-8-9-23-10-12-24(13-11-23)30(33)35-28-16-14-25(20-22(28)2)26-15-17-29(27(32)21-26)34-19-18-31(3,4)5/h14-17,20-21,23-24H,6-13,18-19H2,1-5H3. The molecule has 0 radical (unpaired) electrons. The quantitative estimate of drug-likeness (QED) is 0.193. The van der Waals surface area contributed by atoms with E-state index in [-0.39, 0.29) is 28.9 Å². The molecule has 35 heavy (non-hydrogen) atoms. The number of aryl methyl sites for hydroxylation is 1. The van der Waals surface area contributed by atoms with E-state index in [2.05, 4.69) is 27.7 Å². The van der Waals surface area contributed by atoms with E-state index in [9.17, 15) is 9.18 Å². The molecule has 0 atom stereocenters. The zero-order chi connectivity index (χ0) is 25.4. The lowest BCUT2D eigenvalue weighted by molar-refractivity contribution is -0.140. The van der Waals surface area contributed by atoms with Crippen molar-refractivity contribution < 1.29 is 18.7 Å². The van der Waals surface area contributed by atoms with Crippen LogP contribution in [0.15, 0.2) is 36.4 Å². The van der Waals surface area contributed by atoms with Gasteiger partial charge in [-0.15, -0.1) is 0 Å². The van der Waals surface area contributed by atoms with Gasteiger partial charge in [0.1, 0.15) is 5.75 Å². The molecule has 0 aromatic heterocycles. The Labute approximate surface area is 211 Å². The van der Waals surface area contributed by atoms with Crippen molar-refractivity contribution in [3.8, 4) is 22.6 Å². The van der Waals surface area contributed by atoms with Crippen LogP contribution in [0.25, 0.3) is 11.1 Å². The van der Waals surface area contributed by atoms with Crippen LogP contribution in [-0.4, -0.2) is 12.6 Å². The van der Waals surface area contributed by atoms with Gasteiger partial charge in [0.05, 0.1) is 12.5 Å². The third-order valence-corrected chi connectivity index (χ3v) is 7.16. The van der Waals surface area contributed by atoms with Crippen molar-refractivity contribution >= 4 is 5.97 Å². The molecular formula is C31H43FO3. The van der Waals surface area contributed by atoms with Crippen molar-refractivity contribution in [2.45, 2.75) is 92.4 Å². The van der Waals surface area contributed by atoms with Gasteiger partial charge in [0, 0.05) is 0 Å². The number of carbonyl (C=O) groups excluding carboxylic acids is 1. The van der Waals surface area contributed by atoms with E-state index < -0.39 is 0 Å². The van der Waals surface area contributed by atoms with Crippen LogP contribution in [0.2, 0.25) is 0 Å². The van der Waals surface area contributed by atoms with Crippen molar-refractivity contribution in [2.75, 3.05) is 6.61 Å². The zero-order valence-corrected chi connectivity index (χ0v) is 22.3. The Balaban J connectivity index is 1.56. The molecule has 4 heteroatoms. The normalized spacial score (nSPS) is 18.3. The Morgan fingerprint density at radius 2 is 1.63 bits per heavy atom. The minimum absolute atomic E-state index is 0.00331. The molecule has 0 aliphatic heterocycles. The Morgan fingerprint density at radius 1 is 0.971 bits per heavy atom. The Morgan fingerprint density at radius 3 is 2.23 bits per heavy atom. The van der Waals surface area contributed by atoms with Crippen LogP contribution in [0, 0.1) is 30.0 Å². The highest BCUT2D eigenvalue weighted by Crippen LogP contribution is 2.34. The second kappa shape index (κ2) is 12.6. The van der Waals surface area contributed by atoms with Crippen LogP contribution < -0.4 is 9.47 Å². The SMILES string of the molecule is CCCCCC1CCC(C(=O)Oc2ccc(-c3ccc(OCCC(C)(C)C)c(F)c3)cc2C)CC1. The fourth-order valence-electron chi connectivity index (χ4n) is 4.77. The molecule has 0 spiro atoms. The van der Waals surface area contributed by atoms with Gasteiger partial charge in [-0.05, 0) is 91.3 Å². The number of ether oxygens (including phenoxy) is 2. The molecular weight excluding hydrogens is 439 g/mol. The molecule has 3 rings (SSSR count). The lowest BCUT2D eigenvalue weighted by Gasteiger charge is -2.27. The molecule has 0 amide bonds. The summed E-state index contributed by atoms with van der Waals surface area (Å²) in [7, 11) is 0. The molecule has 192 valence electrons. The van der Waals surface area contributed by atoms with Gasteiger partial charge < -0.3 is 9.47 Å². The van der Waals surface area contributed by atoms with Crippen LogP contribution in [0.5, 0.6) is 11.5 Å². The molecule has 1 aliphatic carbocycles. The summed E-state index contributed by atoms with van der Waals surface area (Å²) >= 11 is 0. The summed E-state index contributed by atoms with van der Waals surface area (Å²) in [6.45, 7) is 11.1. The van der Waals surface area contributed by atoms with E-state index in [4.69, 9.17) is 9.47 Å². The van der Waals surface area contributed by atoms with Gasteiger partial charge in [-0.1, -0.05) is 65.5 Å². The van der Waals surface area contributed by atoms with E-state index in [0.717, 1.165) is 54.7 Å². The molecule has 1 saturated carbocycles. The number of hydrogen-bond acceptors (Lipinski definition) is 3. The monoisotopic (exact) mass is 482 g/mol. The van der Waals surface area contributed by atoms with Crippen LogP contribution in [0.3, 0.4) is 0 Å².